The van der Waals surface area contributed by atoms with Gasteiger partial charge in [-0.05, 0) is 26.1 Å². The molecule has 2 heteroatoms. The Morgan fingerprint density at radius 3 is 2.00 bits per heavy atom. The summed E-state index contributed by atoms with van der Waals surface area (Å²) in [5, 5.41) is 0. The fourth-order valence-corrected chi connectivity index (χ4v) is 0.302. The minimum atomic E-state index is -0.283. The van der Waals surface area contributed by atoms with Gasteiger partial charge in [-0.2, -0.15) is 0 Å². The maximum absolute atomic E-state index is 5.67. The molecule has 0 radical (unpaired) electrons. The van der Waals surface area contributed by atoms with Crippen molar-refractivity contribution in [3.05, 3.63) is 12.3 Å². The van der Waals surface area contributed by atoms with E-state index in [4.69, 9.17) is 17.3 Å². The van der Waals surface area contributed by atoms with Crippen LogP contribution in [0.15, 0.2) is 12.3 Å². The minimum absolute atomic E-state index is 0.283. The Balaban J connectivity index is 3.56. The van der Waals surface area contributed by atoms with Crippen LogP contribution < -0.4 is 5.73 Å². The van der Waals surface area contributed by atoms with Crippen LogP contribution in [0.1, 0.15) is 13.8 Å². The minimum Gasteiger partial charge on any atom is -0.405 e. The normalized spacial score (nSPS) is 13.0. The Bertz CT molecular complexity index is 70.6. The van der Waals surface area contributed by atoms with Crippen molar-refractivity contribution in [2.75, 3.05) is 0 Å². The second kappa shape index (κ2) is 2.22. The summed E-state index contributed by atoms with van der Waals surface area (Å²) >= 11 is 5.67. The van der Waals surface area contributed by atoms with Crippen molar-refractivity contribution in [1.29, 1.82) is 0 Å². The zero-order valence-corrected chi connectivity index (χ0v) is 5.37. The molecule has 0 amide bonds. The van der Waals surface area contributed by atoms with Crippen LogP contribution in [-0.2, 0) is 0 Å². The average Bonchev–Trinajstić information content (AvgIpc) is 1.30. The predicted octanol–water partition coefficient (Wildman–Crippen LogP) is 1.48. The standard InChI is InChI=1S/C5H10ClN/c1-5(2,6)3-4-7/h3-4H,7H2,1-2H3. The molecule has 0 aromatic heterocycles. The molecule has 0 saturated heterocycles. The summed E-state index contributed by atoms with van der Waals surface area (Å²) in [4.78, 5) is -0.283. The first-order chi connectivity index (χ1) is 3.06. The fourth-order valence-electron chi connectivity index (χ4n) is 0.229. The van der Waals surface area contributed by atoms with Crippen molar-refractivity contribution in [3.8, 4) is 0 Å². The van der Waals surface area contributed by atoms with E-state index in [1.54, 1.807) is 6.08 Å². The van der Waals surface area contributed by atoms with Gasteiger partial charge in [0, 0.05) is 0 Å². The van der Waals surface area contributed by atoms with Crippen molar-refractivity contribution < 1.29 is 0 Å². The molecule has 0 atom stereocenters. The molecule has 0 aliphatic heterocycles. The molecule has 0 aliphatic rings. The van der Waals surface area contributed by atoms with Crippen molar-refractivity contribution in [2.45, 2.75) is 18.7 Å². The van der Waals surface area contributed by atoms with Crippen LogP contribution >= 0.6 is 11.6 Å². The predicted molar refractivity (Wildman–Crippen MR) is 33.3 cm³/mol. The first kappa shape index (κ1) is 6.83. The highest BCUT2D eigenvalue weighted by molar-refractivity contribution is 6.24. The molecule has 0 aromatic rings. The lowest BCUT2D eigenvalue weighted by atomic mass is 10.2. The molecule has 7 heavy (non-hydrogen) atoms. The van der Waals surface area contributed by atoms with E-state index in [-0.39, 0.29) is 4.87 Å². The molecule has 0 fully saturated rings. The lowest BCUT2D eigenvalue weighted by molar-refractivity contribution is 0.879. The van der Waals surface area contributed by atoms with E-state index in [0.717, 1.165) is 0 Å². The van der Waals surface area contributed by atoms with Crippen LogP contribution in [0.5, 0.6) is 0 Å². The van der Waals surface area contributed by atoms with Gasteiger partial charge in [0.15, 0.2) is 0 Å². The van der Waals surface area contributed by atoms with Crippen LogP contribution in [0.4, 0.5) is 0 Å². The van der Waals surface area contributed by atoms with Gasteiger partial charge in [0.1, 0.15) is 0 Å². The van der Waals surface area contributed by atoms with Crippen molar-refractivity contribution in [2.24, 2.45) is 5.73 Å². The molecule has 0 aliphatic carbocycles. The number of hydrogen-bond acceptors (Lipinski definition) is 1. The quantitative estimate of drug-likeness (QED) is 0.520. The molecule has 1 nitrogen and oxygen atoms in total. The van der Waals surface area contributed by atoms with Gasteiger partial charge in [0.2, 0.25) is 0 Å². The summed E-state index contributed by atoms with van der Waals surface area (Å²) in [6, 6.07) is 0. The highest BCUT2D eigenvalue weighted by Gasteiger charge is 2.04. The average molecular weight is 120 g/mol. The fraction of sp³-hybridized carbons (Fsp3) is 0.600. The number of nitrogens with two attached hydrogens (primary N) is 1. The molecular weight excluding hydrogens is 110 g/mol. The number of hydrogen-bond donors (Lipinski definition) is 1. The first-order valence-corrected chi connectivity index (χ1v) is 2.52. The lowest BCUT2D eigenvalue weighted by Crippen LogP contribution is -2.04. The summed E-state index contributed by atoms with van der Waals surface area (Å²) in [6.07, 6.45) is 3.18. The third kappa shape index (κ3) is 5.83. The van der Waals surface area contributed by atoms with Gasteiger partial charge in [-0.3, -0.25) is 0 Å². The summed E-state index contributed by atoms with van der Waals surface area (Å²) in [5.74, 6) is 0. The summed E-state index contributed by atoms with van der Waals surface area (Å²) in [6.45, 7) is 3.75. The highest BCUT2D eigenvalue weighted by atomic mass is 35.5. The van der Waals surface area contributed by atoms with E-state index in [0.29, 0.717) is 0 Å². The van der Waals surface area contributed by atoms with E-state index >= 15 is 0 Å². The highest BCUT2D eigenvalue weighted by Crippen LogP contribution is 2.12. The van der Waals surface area contributed by atoms with Gasteiger partial charge >= 0.3 is 0 Å². The molecule has 42 valence electrons. The Kier molecular flexibility index (Phi) is 2.16. The van der Waals surface area contributed by atoms with E-state index in [9.17, 15) is 0 Å². The van der Waals surface area contributed by atoms with Crippen molar-refractivity contribution in [1.82, 2.24) is 0 Å². The lowest BCUT2D eigenvalue weighted by Gasteiger charge is -2.05. The Morgan fingerprint density at radius 2 is 2.00 bits per heavy atom. The first-order valence-electron chi connectivity index (χ1n) is 2.14. The van der Waals surface area contributed by atoms with Gasteiger partial charge in [-0.15, -0.1) is 11.6 Å². The SMILES string of the molecule is CC(C)(Cl)C=CN. The molecule has 0 bridgehead atoms. The van der Waals surface area contributed by atoms with E-state index in [2.05, 4.69) is 0 Å². The molecule has 0 aromatic carbocycles. The zero-order chi connectivity index (χ0) is 5.91. The summed E-state index contributed by atoms with van der Waals surface area (Å²) < 4.78 is 0. The number of halogens is 1. The number of rotatable bonds is 1. The second-order valence-corrected chi connectivity index (χ2v) is 2.90. The maximum atomic E-state index is 5.67. The Morgan fingerprint density at radius 1 is 1.57 bits per heavy atom. The van der Waals surface area contributed by atoms with E-state index < -0.39 is 0 Å². The van der Waals surface area contributed by atoms with Gasteiger partial charge in [-0.25, -0.2) is 0 Å². The molecule has 0 saturated carbocycles. The summed E-state index contributed by atoms with van der Waals surface area (Å²) in [7, 11) is 0. The maximum Gasteiger partial charge on any atom is 0.0586 e. The molecule has 0 unspecified atom stereocenters. The zero-order valence-electron chi connectivity index (χ0n) is 4.61. The van der Waals surface area contributed by atoms with Crippen molar-refractivity contribution in [3.63, 3.8) is 0 Å². The van der Waals surface area contributed by atoms with Gasteiger partial charge in [0.25, 0.3) is 0 Å². The van der Waals surface area contributed by atoms with Crippen LogP contribution in [-0.4, -0.2) is 4.87 Å². The number of allylic oxidation sites excluding steroid dienone is 1. The Labute approximate surface area is 49.2 Å². The third-order valence-corrected chi connectivity index (χ3v) is 0.619. The monoisotopic (exact) mass is 119 g/mol. The van der Waals surface area contributed by atoms with Crippen LogP contribution in [0.3, 0.4) is 0 Å². The third-order valence-electron chi connectivity index (χ3n) is 0.493. The molecule has 2 N–H and O–H groups in total. The topological polar surface area (TPSA) is 26.0 Å². The van der Waals surface area contributed by atoms with Gasteiger partial charge < -0.3 is 5.73 Å². The van der Waals surface area contributed by atoms with Crippen LogP contribution in [0.25, 0.3) is 0 Å². The molecule has 0 spiro atoms. The summed E-state index contributed by atoms with van der Waals surface area (Å²) in [5.41, 5.74) is 5.05. The molecule has 0 heterocycles. The Hall–Kier alpha value is -0.170. The smallest absolute Gasteiger partial charge is 0.0586 e. The van der Waals surface area contributed by atoms with E-state index in [1.807, 2.05) is 13.8 Å². The van der Waals surface area contributed by atoms with Crippen molar-refractivity contribution >= 4 is 11.6 Å². The van der Waals surface area contributed by atoms with Crippen LogP contribution in [0.2, 0.25) is 0 Å². The van der Waals surface area contributed by atoms with E-state index in [1.165, 1.54) is 6.20 Å². The largest absolute Gasteiger partial charge is 0.405 e. The van der Waals surface area contributed by atoms with Gasteiger partial charge in [0.05, 0.1) is 4.87 Å². The molecular formula is C5H10ClN. The second-order valence-electron chi connectivity index (χ2n) is 1.92. The van der Waals surface area contributed by atoms with Gasteiger partial charge in [-0.1, -0.05) is 0 Å². The number of alkyl halides is 1. The molecule has 0 rings (SSSR count). The van der Waals surface area contributed by atoms with Crippen LogP contribution in [0, 0.1) is 0 Å².